The highest BCUT2D eigenvalue weighted by molar-refractivity contribution is 5.50. The molecule has 17 heavy (non-hydrogen) atoms. The topological polar surface area (TPSA) is 37.4 Å². The molecule has 2 unspecified atom stereocenters. The minimum atomic E-state index is 0.491. The summed E-state index contributed by atoms with van der Waals surface area (Å²) in [6.45, 7) is 3.40. The number of aromatic nitrogens is 1. The summed E-state index contributed by atoms with van der Waals surface area (Å²) in [4.78, 5) is 6.73. The number of nitrogens with one attached hydrogen (secondary N) is 1. The third-order valence-electron chi connectivity index (χ3n) is 3.54. The Morgan fingerprint density at radius 1 is 1.53 bits per heavy atom. The second-order valence-electron chi connectivity index (χ2n) is 4.75. The number of nitrogens with zero attached hydrogens (tertiary/aromatic N) is 2. The largest absolute Gasteiger partial charge is 0.493 e. The lowest BCUT2D eigenvalue weighted by Gasteiger charge is -2.35. The number of piperidine rings is 1. The van der Waals surface area contributed by atoms with E-state index in [2.05, 4.69) is 29.2 Å². The van der Waals surface area contributed by atoms with Gasteiger partial charge >= 0.3 is 0 Å². The zero-order valence-corrected chi connectivity index (χ0v) is 10.8. The fraction of sp³-hybridized carbons (Fsp3) is 0.615. The second-order valence-corrected chi connectivity index (χ2v) is 4.75. The molecule has 0 saturated carbocycles. The van der Waals surface area contributed by atoms with E-state index in [4.69, 9.17) is 4.74 Å². The van der Waals surface area contributed by atoms with Gasteiger partial charge in [-0.15, -0.1) is 0 Å². The van der Waals surface area contributed by atoms with E-state index in [-0.39, 0.29) is 0 Å². The molecule has 0 amide bonds. The maximum absolute atomic E-state index is 5.30. The minimum Gasteiger partial charge on any atom is -0.493 e. The van der Waals surface area contributed by atoms with Crippen molar-refractivity contribution in [3.8, 4) is 5.75 Å². The zero-order valence-electron chi connectivity index (χ0n) is 10.8. The summed E-state index contributed by atoms with van der Waals surface area (Å²) in [6.07, 6.45) is 4.10. The van der Waals surface area contributed by atoms with Crippen LogP contribution in [0.4, 0.5) is 5.82 Å². The summed E-state index contributed by atoms with van der Waals surface area (Å²) >= 11 is 0. The molecule has 0 aromatic carbocycles. The molecule has 1 N–H and O–H groups in total. The van der Waals surface area contributed by atoms with Crippen molar-refractivity contribution in [2.45, 2.75) is 31.8 Å². The molecule has 1 saturated heterocycles. The predicted molar refractivity (Wildman–Crippen MR) is 69.5 cm³/mol. The molecule has 1 fully saturated rings. The van der Waals surface area contributed by atoms with E-state index >= 15 is 0 Å². The van der Waals surface area contributed by atoms with Crippen molar-refractivity contribution in [1.29, 1.82) is 0 Å². The van der Waals surface area contributed by atoms with Gasteiger partial charge in [0.05, 0.1) is 7.11 Å². The lowest BCUT2D eigenvalue weighted by atomic mass is 9.99. The highest BCUT2D eigenvalue weighted by Crippen LogP contribution is 2.24. The van der Waals surface area contributed by atoms with Crippen LogP contribution in [0.2, 0.25) is 0 Å². The van der Waals surface area contributed by atoms with Crippen LogP contribution in [0.3, 0.4) is 0 Å². The first kappa shape index (κ1) is 12.2. The highest BCUT2D eigenvalue weighted by Gasteiger charge is 2.23. The van der Waals surface area contributed by atoms with Crippen molar-refractivity contribution in [2.75, 3.05) is 26.0 Å². The average Bonchev–Trinajstić information content (AvgIpc) is 2.34. The molecule has 0 radical (unpaired) electrons. The van der Waals surface area contributed by atoms with Crippen LogP contribution in [-0.2, 0) is 0 Å². The molecule has 4 nitrogen and oxygen atoms in total. The number of ether oxygens (including phenoxy) is 1. The summed E-state index contributed by atoms with van der Waals surface area (Å²) in [5.74, 6) is 1.68. The van der Waals surface area contributed by atoms with E-state index in [1.807, 2.05) is 12.1 Å². The van der Waals surface area contributed by atoms with E-state index in [0.717, 1.165) is 31.0 Å². The van der Waals surface area contributed by atoms with Crippen LogP contribution in [0.1, 0.15) is 19.8 Å². The van der Waals surface area contributed by atoms with Gasteiger partial charge in [-0.2, -0.15) is 0 Å². The van der Waals surface area contributed by atoms with Gasteiger partial charge in [0.25, 0.3) is 0 Å². The molecule has 0 bridgehead atoms. The van der Waals surface area contributed by atoms with Crippen LogP contribution in [0.25, 0.3) is 0 Å². The Hall–Kier alpha value is -1.29. The van der Waals surface area contributed by atoms with E-state index < -0.39 is 0 Å². The number of rotatable bonds is 3. The van der Waals surface area contributed by atoms with Crippen molar-refractivity contribution in [3.05, 3.63) is 18.3 Å². The number of anilines is 1. The van der Waals surface area contributed by atoms with Crippen LogP contribution < -0.4 is 10.1 Å². The Morgan fingerprint density at radius 2 is 2.35 bits per heavy atom. The number of methoxy groups -OCH3 is 1. The van der Waals surface area contributed by atoms with Gasteiger partial charge in [-0.3, -0.25) is 0 Å². The quantitative estimate of drug-likeness (QED) is 0.869. The van der Waals surface area contributed by atoms with Crippen LogP contribution in [0.15, 0.2) is 18.3 Å². The summed E-state index contributed by atoms with van der Waals surface area (Å²) < 4.78 is 5.30. The molecule has 2 rings (SSSR count). The molecular formula is C13H21N3O. The van der Waals surface area contributed by atoms with E-state index in [0.29, 0.717) is 12.1 Å². The van der Waals surface area contributed by atoms with Gasteiger partial charge in [0.1, 0.15) is 0 Å². The van der Waals surface area contributed by atoms with Gasteiger partial charge in [-0.25, -0.2) is 4.98 Å². The molecule has 1 aliphatic rings. The minimum absolute atomic E-state index is 0.491. The van der Waals surface area contributed by atoms with E-state index in [9.17, 15) is 0 Å². The Bertz CT molecular complexity index is 369. The van der Waals surface area contributed by atoms with Crippen LogP contribution in [0.5, 0.6) is 5.75 Å². The lowest BCUT2D eigenvalue weighted by molar-refractivity contribution is 0.190. The molecule has 1 aromatic heterocycles. The fourth-order valence-corrected chi connectivity index (χ4v) is 2.28. The van der Waals surface area contributed by atoms with Crippen LogP contribution in [-0.4, -0.2) is 42.7 Å². The fourth-order valence-electron chi connectivity index (χ4n) is 2.28. The SMILES string of the molecule is COc1cccnc1NC1CCN(C)C(C)C1. The molecule has 1 aliphatic heterocycles. The van der Waals surface area contributed by atoms with E-state index in [1.165, 1.54) is 0 Å². The Balaban J connectivity index is 2.01. The summed E-state index contributed by atoms with van der Waals surface area (Å²) in [6, 6.07) is 4.94. The molecule has 2 atom stereocenters. The second kappa shape index (κ2) is 5.36. The number of likely N-dealkylation sites (tertiary alicyclic amines) is 1. The van der Waals surface area contributed by atoms with Crippen molar-refractivity contribution in [1.82, 2.24) is 9.88 Å². The molecule has 2 heterocycles. The lowest BCUT2D eigenvalue weighted by Crippen LogP contribution is -2.42. The molecule has 94 valence electrons. The summed E-state index contributed by atoms with van der Waals surface area (Å²) in [5.41, 5.74) is 0. The van der Waals surface area contributed by atoms with Gasteiger partial charge < -0.3 is 15.0 Å². The number of hydrogen-bond donors (Lipinski definition) is 1. The van der Waals surface area contributed by atoms with Crippen LogP contribution in [0, 0.1) is 0 Å². The van der Waals surface area contributed by atoms with Crippen molar-refractivity contribution < 1.29 is 4.74 Å². The number of hydrogen-bond acceptors (Lipinski definition) is 4. The standard InChI is InChI=1S/C13H21N3O/c1-10-9-11(6-8-16(10)2)15-13-12(17-3)5-4-7-14-13/h4-5,7,10-11H,6,8-9H2,1-3H3,(H,14,15). The Kier molecular flexibility index (Phi) is 3.84. The molecule has 4 heteroatoms. The third kappa shape index (κ3) is 2.88. The Morgan fingerprint density at radius 3 is 3.06 bits per heavy atom. The van der Waals surface area contributed by atoms with Gasteiger partial charge in [0, 0.05) is 24.8 Å². The molecule has 0 aliphatic carbocycles. The van der Waals surface area contributed by atoms with Gasteiger partial charge in [0.2, 0.25) is 0 Å². The maximum atomic E-state index is 5.30. The van der Waals surface area contributed by atoms with Gasteiger partial charge in [-0.1, -0.05) is 0 Å². The average molecular weight is 235 g/mol. The summed E-state index contributed by atoms with van der Waals surface area (Å²) in [7, 11) is 3.86. The normalized spacial score (nSPS) is 25.6. The Labute approximate surface area is 103 Å². The van der Waals surface area contributed by atoms with Gasteiger partial charge in [-0.05, 0) is 38.9 Å². The monoisotopic (exact) mass is 235 g/mol. The van der Waals surface area contributed by atoms with Crippen molar-refractivity contribution in [2.24, 2.45) is 0 Å². The smallest absolute Gasteiger partial charge is 0.168 e. The van der Waals surface area contributed by atoms with Crippen molar-refractivity contribution in [3.63, 3.8) is 0 Å². The maximum Gasteiger partial charge on any atom is 0.168 e. The van der Waals surface area contributed by atoms with Crippen LogP contribution >= 0.6 is 0 Å². The predicted octanol–water partition coefficient (Wildman–Crippen LogP) is 1.98. The molecular weight excluding hydrogens is 214 g/mol. The first-order valence-electron chi connectivity index (χ1n) is 6.16. The number of pyridine rings is 1. The third-order valence-corrected chi connectivity index (χ3v) is 3.54. The van der Waals surface area contributed by atoms with Gasteiger partial charge in [0.15, 0.2) is 11.6 Å². The van der Waals surface area contributed by atoms with Crippen molar-refractivity contribution >= 4 is 5.82 Å². The molecule has 1 aromatic rings. The first-order valence-corrected chi connectivity index (χ1v) is 6.16. The molecule has 0 spiro atoms. The summed E-state index contributed by atoms with van der Waals surface area (Å²) in [5, 5.41) is 3.49. The zero-order chi connectivity index (χ0) is 12.3. The van der Waals surface area contributed by atoms with E-state index in [1.54, 1.807) is 13.3 Å². The highest BCUT2D eigenvalue weighted by atomic mass is 16.5. The first-order chi connectivity index (χ1) is 8.20.